The topological polar surface area (TPSA) is 13.1 Å². The quantitative estimate of drug-likeness (QED) is 0.564. The van der Waals surface area contributed by atoms with Crippen LogP contribution in [-0.2, 0) is 6.42 Å². The van der Waals surface area contributed by atoms with Gasteiger partial charge in [0.25, 0.3) is 0 Å². The molecule has 0 spiro atoms. The molecular formula is C7H8O. The van der Waals surface area contributed by atoms with Gasteiger partial charge in [-0.05, 0) is 31.4 Å². The lowest BCUT2D eigenvalue weighted by atomic mass is 10.2. The maximum absolute atomic E-state index is 5.28. The van der Waals surface area contributed by atoms with Crippen LogP contribution in [0, 0.1) is 6.92 Å². The van der Waals surface area contributed by atoms with Crippen molar-refractivity contribution in [3.63, 3.8) is 0 Å². The maximum atomic E-state index is 5.28. The molecule has 1 aromatic rings. The minimum absolute atomic E-state index is 0.694. The summed E-state index contributed by atoms with van der Waals surface area (Å²) in [4.78, 5) is 0. The molecule has 0 amide bonds. The second-order valence-electron chi connectivity index (χ2n) is 1.67. The molecule has 42 valence electrons. The zero-order chi connectivity index (χ0) is 5.82. The van der Waals surface area contributed by atoms with Crippen molar-refractivity contribution in [2.75, 3.05) is 0 Å². The van der Waals surface area contributed by atoms with E-state index in [1.807, 2.05) is 6.07 Å². The highest BCUT2D eigenvalue weighted by molar-refractivity contribution is 5.04. The Morgan fingerprint density at radius 3 is 3.00 bits per heavy atom. The Morgan fingerprint density at radius 1 is 1.62 bits per heavy atom. The summed E-state index contributed by atoms with van der Waals surface area (Å²) >= 11 is 0. The van der Waals surface area contributed by atoms with Crippen molar-refractivity contribution in [1.82, 2.24) is 0 Å². The number of aryl methyl sites for hydroxylation is 1. The van der Waals surface area contributed by atoms with E-state index >= 15 is 0 Å². The molecule has 0 N–H and O–H groups in total. The van der Waals surface area contributed by atoms with Crippen molar-refractivity contribution in [2.45, 2.75) is 12.8 Å². The minimum Gasteiger partial charge on any atom is -0.472 e. The molecule has 8 heavy (non-hydrogen) atoms. The summed E-state index contributed by atoms with van der Waals surface area (Å²) in [6.07, 6.45) is 4.98. The molecule has 0 unspecified atom stereocenters. The van der Waals surface area contributed by atoms with E-state index in [9.17, 15) is 0 Å². The molecule has 0 saturated carbocycles. The zero-order valence-corrected chi connectivity index (χ0v) is 4.63. The van der Waals surface area contributed by atoms with Gasteiger partial charge in [0.15, 0.2) is 0 Å². The van der Waals surface area contributed by atoms with Crippen LogP contribution in [0.15, 0.2) is 23.0 Å². The third kappa shape index (κ3) is 1.12. The van der Waals surface area contributed by atoms with Gasteiger partial charge < -0.3 is 4.42 Å². The molecule has 0 fully saturated rings. The van der Waals surface area contributed by atoms with E-state index in [0.29, 0.717) is 6.42 Å². The Bertz CT molecular complexity index is 130. The van der Waals surface area contributed by atoms with Crippen molar-refractivity contribution >= 4 is 0 Å². The van der Waals surface area contributed by atoms with Crippen molar-refractivity contribution < 1.29 is 4.42 Å². The van der Waals surface area contributed by atoms with Crippen LogP contribution < -0.4 is 0 Å². The highest BCUT2D eigenvalue weighted by Crippen LogP contribution is 2.01. The summed E-state index contributed by atoms with van der Waals surface area (Å²) in [7, 11) is 0. The molecule has 0 aromatic carbocycles. The Morgan fingerprint density at radius 2 is 2.50 bits per heavy atom. The van der Waals surface area contributed by atoms with Gasteiger partial charge in [-0.25, -0.2) is 0 Å². The van der Waals surface area contributed by atoms with Gasteiger partial charge in [0, 0.05) is 0 Å². The maximum Gasteiger partial charge on any atom is 0.0934 e. The largest absolute Gasteiger partial charge is 0.472 e. The number of hydrogen-bond acceptors (Lipinski definition) is 1. The van der Waals surface area contributed by atoms with Gasteiger partial charge in [0.1, 0.15) is 0 Å². The Labute approximate surface area is 49.3 Å². The van der Waals surface area contributed by atoms with E-state index in [4.69, 9.17) is 11.3 Å². The average Bonchev–Trinajstić information content (AvgIpc) is 2.19. The van der Waals surface area contributed by atoms with Crippen LogP contribution in [0.25, 0.3) is 0 Å². The first-order valence-electron chi connectivity index (χ1n) is 2.64. The van der Waals surface area contributed by atoms with Crippen LogP contribution in [0.1, 0.15) is 12.0 Å². The Hall–Kier alpha value is -0.720. The first kappa shape index (κ1) is 5.42. The average molecular weight is 108 g/mol. The van der Waals surface area contributed by atoms with Crippen molar-refractivity contribution in [3.8, 4) is 0 Å². The highest BCUT2D eigenvalue weighted by Gasteiger charge is 1.88. The second kappa shape index (κ2) is 2.55. The van der Waals surface area contributed by atoms with E-state index < -0.39 is 0 Å². The summed E-state index contributed by atoms with van der Waals surface area (Å²) < 4.78 is 4.81. The number of furan rings is 1. The van der Waals surface area contributed by atoms with Crippen molar-refractivity contribution in [3.05, 3.63) is 31.1 Å². The molecule has 1 aromatic heterocycles. The normalized spacial score (nSPS) is 9.62. The third-order valence-electron chi connectivity index (χ3n) is 1.01. The molecule has 0 aliphatic rings. The molecule has 0 aliphatic heterocycles. The molecule has 0 saturated heterocycles. The predicted molar refractivity (Wildman–Crippen MR) is 31.3 cm³/mol. The van der Waals surface area contributed by atoms with Crippen LogP contribution in [0.5, 0.6) is 0 Å². The first-order chi connectivity index (χ1) is 3.93. The molecule has 0 bridgehead atoms. The summed E-state index contributed by atoms with van der Waals surface area (Å²) in [6.45, 7) is 5.28. The minimum atomic E-state index is 0.694. The fraction of sp³-hybridized carbons (Fsp3) is 0.286. The van der Waals surface area contributed by atoms with E-state index in [0.717, 1.165) is 6.42 Å². The molecular weight excluding hydrogens is 100 g/mol. The second-order valence-corrected chi connectivity index (χ2v) is 1.67. The summed E-state index contributed by atoms with van der Waals surface area (Å²) in [6, 6.07) is 1.92. The standard InChI is InChI=1S/C7H8O/c1-2-3-7-4-5-8-6-7/h1,4-6H,2-3H2. The zero-order valence-electron chi connectivity index (χ0n) is 4.63. The number of hydrogen-bond donors (Lipinski definition) is 0. The molecule has 2 radical (unpaired) electrons. The van der Waals surface area contributed by atoms with Crippen molar-refractivity contribution in [1.29, 1.82) is 0 Å². The van der Waals surface area contributed by atoms with Gasteiger partial charge in [-0.3, -0.25) is 0 Å². The Kier molecular flexibility index (Phi) is 1.73. The molecule has 1 rings (SSSR count). The SMILES string of the molecule is [CH]CCc1ccoc1. The predicted octanol–water partition coefficient (Wildman–Crippen LogP) is 1.92. The fourth-order valence-electron chi connectivity index (χ4n) is 0.602. The van der Waals surface area contributed by atoms with Gasteiger partial charge in [-0.2, -0.15) is 0 Å². The first-order valence-corrected chi connectivity index (χ1v) is 2.64. The van der Waals surface area contributed by atoms with Gasteiger partial charge >= 0.3 is 0 Å². The fourth-order valence-corrected chi connectivity index (χ4v) is 0.602. The lowest BCUT2D eigenvalue weighted by Crippen LogP contribution is -1.74. The smallest absolute Gasteiger partial charge is 0.0934 e. The van der Waals surface area contributed by atoms with Gasteiger partial charge in [-0.15, -0.1) is 0 Å². The molecule has 0 atom stereocenters. The van der Waals surface area contributed by atoms with Crippen LogP contribution in [-0.4, -0.2) is 0 Å². The molecule has 1 nitrogen and oxygen atoms in total. The lowest BCUT2D eigenvalue weighted by Gasteiger charge is -1.84. The summed E-state index contributed by atoms with van der Waals surface area (Å²) in [5, 5.41) is 0. The summed E-state index contributed by atoms with van der Waals surface area (Å²) in [5.41, 5.74) is 1.17. The van der Waals surface area contributed by atoms with Gasteiger partial charge in [0.05, 0.1) is 12.5 Å². The molecule has 1 heteroatoms. The van der Waals surface area contributed by atoms with Crippen LogP contribution in [0.4, 0.5) is 0 Å². The van der Waals surface area contributed by atoms with E-state index in [1.54, 1.807) is 12.5 Å². The molecule has 1 heterocycles. The number of rotatable bonds is 2. The van der Waals surface area contributed by atoms with Crippen molar-refractivity contribution in [2.24, 2.45) is 0 Å². The van der Waals surface area contributed by atoms with Crippen LogP contribution in [0.2, 0.25) is 0 Å². The van der Waals surface area contributed by atoms with E-state index in [2.05, 4.69) is 0 Å². The van der Waals surface area contributed by atoms with Crippen LogP contribution >= 0.6 is 0 Å². The Balaban J connectivity index is 2.50. The van der Waals surface area contributed by atoms with Gasteiger partial charge in [-0.1, -0.05) is 0 Å². The molecule has 0 aliphatic carbocycles. The van der Waals surface area contributed by atoms with Crippen LogP contribution in [0.3, 0.4) is 0 Å². The third-order valence-corrected chi connectivity index (χ3v) is 1.01. The monoisotopic (exact) mass is 108 g/mol. The van der Waals surface area contributed by atoms with E-state index in [-0.39, 0.29) is 0 Å². The lowest BCUT2D eigenvalue weighted by molar-refractivity contribution is 0.564. The summed E-state index contributed by atoms with van der Waals surface area (Å²) in [5.74, 6) is 0. The highest BCUT2D eigenvalue weighted by atomic mass is 16.3. The van der Waals surface area contributed by atoms with E-state index in [1.165, 1.54) is 5.56 Å². The van der Waals surface area contributed by atoms with Gasteiger partial charge in [0.2, 0.25) is 0 Å².